The van der Waals surface area contributed by atoms with E-state index in [-0.39, 0.29) is 0 Å². The topological polar surface area (TPSA) is 93.8 Å². The predicted molar refractivity (Wildman–Crippen MR) is 75.4 cm³/mol. The number of nitrogens with two attached hydrogens (primary N) is 1. The van der Waals surface area contributed by atoms with Gasteiger partial charge in [0.05, 0.1) is 13.3 Å². The number of hydrogen-bond acceptors (Lipinski definition) is 4. The van der Waals surface area contributed by atoms with Crippen LogP contribution in [0.5, 0.6) is 5.75 Å². The summed E-state index contributed by atoms with van der Waals surface area (Å²) in [7, 11) is 1.61. The number of nitrogens with one attached hydrogen (secondary N) is 1. The van der Waals surface area contributed by atoms with Crippen molar-refractivity contribution in [2.75, 3.05) is 7.11 Å². The number of benzene rings is 2. The van der Waals surface area contributed by atoms with Gasteiger partial charge < -0.3 is 10.5 Å². The summed E-state index contributed by atoms with van der Waals surface area (Å²) < 4.78 is 5.15. The van der Waals surface area contributed by atoms with Gasteiger partial charge in [-0.05, 0) is 34.5 Å². The Morgan fingerprint density at radius 1 is 1.20 bits per heavy atom. The molecule has 2 amide bonds. The highest BCUT2D eigenvalue weighted by Gasteiger charge is 2.05. The van der Waals surface area contributed by atoms with Gasteiger partial charge in [0, 0.05) is 0 Å². The summed E-state index contributed by atoms with van der Waals surface area (Å²) in [6.45, 7) is 0. The molecule has 2 aromatic rings. The highest BCUT2D eigenvalue weighted by atomic mass is 16.5. The second-order valence-corrected chi connectivity index (χ2v) is 4.04. The number of primary amides is 1. The van der Waals surface area contributed by atoms with Gasteiger partial charge in [0.25, 0.3) is 0 Å². The van der Waals surface area contributed by atoms with E-state index in [0.717, 1.165) is 22.1 Å². The van der Waals surface area contributed by atoms with Crippen LogP contribution in [0.2, 0.25) is 0 Å². The lowest BCUT2D eigenvalue weighted by Crippen LogP contribution is -2.32. The molecule has 0 bridgehead atoms. The Morgan fingerprint density at radius 3 is 2.60 bits per heavy atom. The number of carbonyl (C=O) groups is 2. The van der Waals surface area contributed by atoms with Crippen molar-refractivity contribution in [2.45, 2.75) is 0 Å². The van der Waals surface area contributed by atoms with Gasteiger partial charge in [-0.2, -0.15) is 5.10 Å². The smallest absolute Gasteiger partial charge is 0.329 e. The lowest BCUT2D eigenvalue weighted by Gasteiger charge is -2.03. The van der Waals surface area contributed by atoms with Crippen molar-refractivity contribution < 1.29 is 14.3 Å². The Balaban J connectivity index is 2.18. The van der Waals surface area contributed by atoms with Crippen LogP contribution in [0.1, 0.15) is 5.56 Å². The molecule has 0 aliphatic carbocycles. The third-order valence-electron chi connectivity index (χ3n) is 2.67. The maximum atomic E-state index is 10.9. The Bertz CT molecular complexity index is 695. The monoisotopic (exact) mass is 271 g/mol. The lowest BCUT2D eigenvalue weighted by atomic mass is 10.1. The van der Waals surface area contributed by atoms with Crippen LogP contribution in [-0.4, -0.2) is 25.1 Å². The van der Waals surface area contributed by atoms with E-state index in [0.29, 0.717) is 0 Å². The summed E-state index contributed by atoms with van der Waals surface area (Å²) >= 11 is 0. The molecule has 2 rings (SSSR count). The Hall–Kier alpha value is -2.89. The molecule has 3 N–H and O–H groups in total. The van der Waals surface area contributed by atoms with Crippen molar-refractivity contribution in [2.24, 2.45) is 10.8 Å². The van der Waals surface area contributed by atoms with Crippen LogP contribution in [0.25, 0.3) is 10.8 Å². The van der Waals surface area contributed by atoms with Gasteiger partial charge in [0.1, 0.15) is 5.75 Å². The quantitative estimate of drug-likeness (QED) is 0.491. The zero-order valence-corrected chi connectivity index (χ0v) is 10.8. The molecule has 0 saturated carbocycles. The predicted octanol–water partition coefficient (Wildman–Crippen LogP) is 0.784. The average molecular weight is 271 g/mol. The summed E-state index contributed by atoms with van der Waals surface area (Å²) in [5, 5.41) is 5.69. The minimum atomic E-state index is -1.08. The minimum absolute atomic E-state index is 0.785. The molecule has 0 aliphatic heterocycles. The number of methoxy groups -OCH3 is 1. The fourth-order valence-corrected chi connectivity index (χ4v) is 1.67. The molecule has 2 aromatic carbocycles. The summed E-state index contributed by atoms with van der Waals surface area (Å²) in [5.41, 5.74) is 7.60. The average Bonchev–Trinajstić information content (AvgIpc) is 2.46. The molecule has 0 aromatic heterocycles. The number of nitrogens with zero attached hydrogens (tertiary/aromatic N) is 1. The molecule has 6 nitrogen and oxygen atoms in total. The first-order chi connectivity index (χ1) is 9.60. The summed E-state index contributed by atoms with van der Waals surface area (Å²) in [6.07, 6.45) is 1.44. The fourth-order valence-electron chi connectivity index (χ4n) is 1.67. The van der Waals surface area contributed by atoms with Crippen LogP contribution in [0.4, 0.5) is 0 Å². The molecule has 20 heavy (non-hydrogen) atoms. The van der Waals surface area contributed by atoms with E-state index in [1.54, 1.807) is 7.11 Å². The van der Waals surface area contributed by atoms with Gasteiger partial charge in [0.15, 0.2) is 0 Å². The van der Waals surface area contributed by atoms with E-state index < -0.39 is 11.8 Å². The molecule has 0 atom stereocenters. The van der Waals surface area contributed by atoms with Gasteiger partial charge in [-0.15, -0.1) is 0 Å². The SMILES string of the molecule is COc1ccc2cc(/C=N\NC(=O)C(N)=O)ccc2c1. The number of ether oxygens (including phenoxy) is 1. The van der Waals surface area contributed by atoms with Gasteiger partial charge in [0.2, 0.25) is 0 Å². The van der Waals surface area contributed by atoms with Crippen molar-refractivity contribution in [3.63, 3.8) is 0 Å². The molecular formula is C14H13N3O3. The zero-order valence-electron chi connectivity index (χ0n) is 10.8. The number of rotatable bonds is 3. The second kappa shape index (κ2) is 5.83. The van der Waals surface area contributed by atoms with Crippen molar-refractivity contribution in [3.05, 3.63) is 42.0 Å². The third kappa shape index (κ3) is 3.11. The van der Waals surface area contributed by atoms with E-state index in [9.17, 15) is 9.59 Å². The minimum Gasteiger partial charge on any atom is -0.497 e. The molecule has 102 valence electrons. The van der Waals surface area contributed by atoms with Crippen LogP contribution in [0.15, 0.2) is 41.5 Å². The molecule has 0 heterocycles. The first-order valence-electron chi connectivity index (χ1n) is 5.81. The molecule has 0 aliphatic rings. The van der Waals surface area contributed by atoms with Gasteiger partial charge in [-0.1, -0.05) is 18.2 Å². The van der Waals surface area contributed by atoms with Gasteiger partial charge >= 0.3 is 11.8 Å². The summed E-state index contributed by atoms with van der Waals surface area (Å²) in [6, 6.07) is 11.3. The first kappa shape index (κ1) is 13.5. The van der Waals surface area contributed by atoms with Gasteiger partial charge in [-0.3, -0.25) is 9.59 Å². The van der Waals surface area contributed by atoms with E-state index in [4.69, 9.17) is 10.5 Å². The highest BCUT2D eigenvalue weighted by Crippen LogP contribution is 2.21. The largest absolute Gasteiger partial charge is 0.497 e. The van der Waals surface area contributed by atoms with Crippen molar-refractivity contribution in [1.29, 1.82) is 0 Å². The molecule has 6 heteroatoms. The molecule has 0 saturated heterocycles. The Labute approximate surface area is 115 Å². The molecule has 0 spiro atoms. The third-order valence-corrected chi connectivity index (χ3v) is 2.67. The van der Waals surface area contributed by atoms with Crippen LogP contribution in [0, 0.1) is 0 Å². The zero-order chi connectivity index (χ0) is 14.5. The van der Waals surface area contributed by atoms with E-state index in [1.807, 2.05) is 41.8 Å². The maximum absolute atomic E-state index is 10.9. The molecular weight excluding hydrogens is 258 g/mol. The number of fused-ring (bicyclic) bond motifs is 1. The number of carbonyl (C=O) groups excluding carboxylic acids is 2. The van der Waals surface area contributed by atoms with Crippen LogP contribution >= 0.6 is 0 Å². The van der Waals surface area contributed by atoms with Crippen LogP contribution < -0.4 is 15.9 Å². The number of hydrazone groups is 1. The first-order valence-corrected chi connectivity index (χ1v) is 5.81. The van der Waals surface area contributed by atoms with E-state index >= 15 is 0 Å². The van der Waals surface area contributed by atoms with Crippen molar-refractivity contribution in [3.8, 4) is 5.75 Å². The summed E-state index contributed by atoms with van der Waals surface area (Å²) in [4.78, 5) is 21.4. The molecule has 0 unspecified atom stereocenters. The standard InChI is InChI=1S/C14H13N3O3/c1-20-12-5-4-10-6-9(2-3-11(10)7-12)8-16-17-14(19)13(15)18/h2-8H,1H3,(H2,15,18)(H,17,19)/b16-8-. The van der Waals surface area contributed by atoms with Crippen molar-refractivity contribution >= 4 is 28.8 Å². The van der Waals surface area contributed by atoms with Crippen LogP contribution in [0.3, 0.4) is 0 Å². The van der Waals surface area contributed by atoms with Crippen molar-refractivity contribution in [1.82, 2.24) is 5.43 Å². The number of amides is 2. The highest BCUT2D eigenvalue weighted by molar-refractivity contribution is 6.34. The summed E-state index contributed by atoms with van der Waals surface area (Å²) in [5.74, 6) is -1.24. The van der Waals surface area contributed by atoms with E-state index in [1.165, 1.54) is 6.21 Å². The molecule has 0 fully saturated rings. The lowest BCUT2D eigenvalue weighted by molar-refractivity contribution is -0.137. The Kier molecular flexibility index (Phi) is 3.95. The maximum Gasteiger partial charge on any atom is 0.329 e. The number of hydrogen-bond donors (Lipinski definition) is 2. The van der Waals surface area contributed by atoms with E-state index in [2.05, 4.69) is 5.10 Å². The molecule has 0 radical (unpaired) electrons. The van der Waals surface area contributed by atoms with Crippen LogP contribution in [-0.2, 0) is 9.59 Å². The van der Waals surface area contributed by atoms with Gasteiger partial charge in [-0.25, -0.2) is 5.43 Å². The second-order valence-electron chi connectivity index (χ2n) is 4.04. The normalized spacial score (nSPS) is 10.7. The Morgan fingerprint density at radius 2 is 1.90 bits per heavy atom. The fraction of sp³-hybridized carbons (Fsp3) is 0.0714.